The van der Waals surface area contributed by atoms with Crippen LogP contribution in [-0.2, 0) is 19.6 Å². The van der Waals surface area contributed by atoms with Gasteiger partial charge in [-0.3, -0.25) is 10.1 Å². The molecule has 26 heavy (non-hydrogen) atoms. The van der Waals surface area contributed by atoms with Crippen molar-refractivity contribution in [1.82, 2.24) is 15.4 Å². The van der Waals surface area contributed by atoms with Crippen LogP contribution in [0.5, 0.6) is 0 Å². The van der Waals surface area contributed by atoms with Crippen LogP contribution < -0.4 is 15.4 Å². The average molecular weight is 385 g/mol. The number of aliphatic imine (C=N–C) groups is 2. The molecule has 1 aliphatic heterocycles. The van der Waals surface area contributed by atoms with Gasteiger partial charge in [-0.1, -0.05) is 24.3 Å². The van der Waals surface area contributed by atoms with Crippen molar-refractivity contribution < 1.29 is 27.9 Å². The number of methoxy groups -OCH3 is 1. The second-order valence-electron chi connectivity index (χ2n) is 5.80. The Balaban J connectivity index is 2.16. The van der Waals surface area contributed by atoms with E-state index in [1.807, 2.05) is 4.72 Å². The van der Waals surface area contributed by atoms with E-state index in [-0.39, 0.29) is 5.96 Å². The fourth-order valence-corrected chi connectivity index (χ4v) is 3.60. The number of carboxylic acid groups (broad SMARTS) is 1. The number of ether oxygens (including phenoxy) is 1. The molecule has 3 unspecified atom stereocenters. The summed E-state index contributed by atoms with van der Waals surface area (Å²) >= 11 is 0. The molecule has 2 rings (SSSR count). The van der Waals surface area contributed by atoms with Crippen LogP contribution >= 0.6 is 0 Å². The summed E-state index contributed by atoms with van der Waals surface area (Å²) in [6.45, 7) is 2.74. The minimum atomic E-state index is -4.39. The summed E-state index contributed by atoms with van der Waals surface area (Å²) in [5.41, 5.74) is 0. The first-order chi connectivity index (χ1) is 12.0. The number of rotatable bonds is 4. The molecule has 3 atom stereocenters. The van der Waals surface area contributed by atoms with Crippen LogP contribution in [0.25, 0.3) is 0 Å². The third-order valence-corrected chi connectivity index (χ3v) is 5.98. The van der Waals surface area contributed by atoms with Crippen molar-refractivity contribution in [3.05, 3.63) is 24.3 Å². The topological polar surface area (TPSA) is 159 Å². The molecule has 0 aromatic rings. The molecule has 2 aliphatic rings. The van der Waals surface area contributed by atoms with Crippen LogP contribution in [0.15, 0.2) is 34.3 Å². The van der Waals surface area contributed by atoms with Gasteiger partial charge in [-0.2, -0.15) is 4.99 Å². The van der Waals surface area contributed by atoms with Crippen molar-refractivity contribution in [2.75, 3.05) is 7.11 Å². The smallest absolute Gasteiger partial charge is 0.335 e. The molecule has 0 saturated heterocycles. The summed E-state index contributed by atoms with van der Waals surface area (Å²) in [5.74, 6) is -4.03. The van der Waals surface area contributed by atoms with Crippen molar-refractivity contribution >= 4 is 34.3 Å². The summed E-state index contributed by atoms with van der Waals surface area (Å²) in [4.78, 5) is 31.4. The zero-order chi connectivity index (χ0) is 19.6. The van der Waals surface area contributed by atoms with Gasteiger partial charge >= 0.3 is 12.0 Å². The lowest BCUT2D eigenvalue weighted by atomic mass is 9.89. The second kappa shape index (κ2) is 6.88. The number of hydrogen-bond donors (Lipinski definition) is 4. The Morgan fingerprint density at radius 3 is 2.65 bits per heavy atom. The van der Waals surface area contributed by atoms with Gasteiger partial charge in [-0.25, -0.2) is 22.9 Å². The molecule has 0 aromatic carbocycles. The lowest BCUT2D eigenvalue weighted by molar-refractivity contribution is -0.140. The third kappa shape index (κ3) is 3.75. The van der Waals surface area contributed by atoms with Crippen LogP contribution in [-0.4, -0.2) is 55.5 Å². The Hall–Kier alpha value is -2.73. The van der Waals surface area contributed by atoms with Crippen molar-refractivity contribution in [1.29, 1.82) is 0 Å². The van der Waals surface area contributed by atoms with Gasteiger partial charge in [-0.15, -0.1) is 0 Å². The molecular weight excluding hydrogens is 366 g/mol. The molecule has 0 radical (unpaired) electrons. The van der Waals surface area contributed by atoms with E-state index in [4.69, 9.17) is 4.74 Å². The van der Waals surface area contributed by atoms with Crippen LogP contribution in [0.4, 0.5) is 4.79 Å². The molecule has 0 fully saturated rings. The van der Waals surface area contributed by atoms with E-state index >= 15 is 0 Å². The fourth-order valence-electron chi connectivity index (χ4n) is 2.31. The number of carbonyl (C=O) groups is 2. The second-order valence-corrected chi connectivity index (χ2v) is 7.90. The van der Waals surface area contributed by atoms with E-state index in [9.17, 15) is 23.1 Å². The quantitative estimate of drug-likeness (QED) is 0.508. The average Bonchev–Trinajstić information content (AvgIpc) is 2.54. The lowest BCUT2D eigenvalue weighted by Gasteiger charge is -2.31. The first-order valence-electron chi connectivity index (χ1n) is 7.40. The number of amides is 2. The number of guanidine groups is 1. The number of nitrogens with zero attached hydrogens (tertiary/aromatic N) is 2. The molecule has 142 valence electrons. The van der Waals surface area contributed by atoms with Gasteiger partial charge in [0.25, 0.3) is 5.85 Å². The van der Waals surface area contributed by atoms with Gasteiger partial charge in [0.2, 0.25) is 16.0 Å². The van der Waals surface area contributed by atoms with Crippen LogP contribution in [0.2, 0.25) is 0 Å². The van der Waals surface area contributed by atoms with Gasteiger partial charge in [-0.05, 0) is 6.92 Å². The Bertz CT molecular complexity index is 833. The van der Waals surface area contributed by atoms with Gasteiger partial charge in [0.05, 0.1) is 12.3 Å². The van der Waals surface area contributed by atoms with E-state index in [0.717, 1.165) is 0 Å². The number of carboxylic acids is 1. The van der Waals surface area contributed by atoms with Gasteiger partial charge in [0, 0.05) is 14.0 Å². The number of hydrogen-bond acceptors (Lipinski definition) is 8. The lowest BCUT2D eigenvalue weighted by Crippen LogP contribution is -2.56. The number of allylic oxidation sites excluding steroid dienone is 2. The summed E-state index contributed by atoms with van der Waals surface area (Å²) < 4.78 is 30.3. The molecule has 0 saturated carbocycles. The number of aliphatic carboxylic acids is 1. The summed E-state index contributed by atoms with van der Waals surface area (Å²) in [6, 6.07) is -1.11. The predicted octanol–water partition coefficient (Wildman–Crippen LogP) is -0.491. The summed E-state index contributed by atoms with van der Waals surface area (Å²) in [6.07, 6.45) is 6.53. The molecule has 4 N–H and O–H groups in total. The Labute approximate surface area is 150 Å². The van der Waals surface area contributed by atoms with E-state index in [1.54, 1.807) is 0 Å². The normalized spacial score (nSPS) is 30.3. The fraction of sp³-hybridized carbons (Fsp3) is 0.429. The van der Waals surface area contributed by atoms with E-state index in [0.29, 0.717) is 0 Å². The Morgan fingerprint density at radius 2 is 2.04 bits per heavy atom. The number of carbonyl (C=O) groups excluding carboxylic acids is 1. The zero-order valence-electron chi connectivity index (χ0n) is 14.3. The summed E-state index contributed by atoms with van der Waals surface area (Å²) in [7, 11) is -3.02. The number of urea groups is 1. The molecule has 1 heterocycles. The minimum Gasteiger partial charge on any atom is -0.481 e. The third-order valence-electron chi connectivity index (χ3n) is 3.97. The van der Waals surface area contributed by atoms with Crippen LogP contribution in [0, 0.1) is 5.92 Å². The molecule has 11 nitrogen and oxygen atoms in total. The monoisotopic (exact) mass is 385 g/mol. The first-order valence-corrected chi connectivity index (χ1v) is 8.89. The van der Waals surface area contributed by atoms with E-state index in [1.165, 1.54) is 51.6 Å². The molecule has 0 bridgehead atoms. The summed E-state index contributed by atoms with van der Waals surface area (Å²) in [5, 5.41) is 14.0. The van der Waals surface area contributed by atoms with E-state index in [2.05, 4.69) is 20.6 Å². The molecule has 2 amide bonds. The van der Waals surface area contributed by atoms with Crippen molar-refractivity contribution in [3.63, 3.8) is 0 Å². The Morgan fingerprint density at radius 1 is 1.35 bits per heavy atom. The Kier molecular flexibility index (Phi) is 5.18. The van der Waals surface area contributed by atoms with Crippen LogP contribution in [0.1, 0.15) is 13.8 Å². The zero-order valence-corrected chi connectivity index (χ0v) is 15.1. The largest absolute Gasteiger partial charge is 0.481 e. The standard InChI is InChI=1S/C14H19N5O6S/c1-13(7-5-4-6-9(13)10(20)21)26(23,24)19-12(22)17-11-15-8-16-14(2,18-11)25-3/h4-9H,1-3H3,(H,20,21)(H3,15,16,17,18,19,22). The molecule has 12 heteroatoms. The highest BCUT2D eigenvalue weighted by molar-refractivity contribution is 7.91. The highest BCUT2D eigenvalue weighted by Crippen LogP contribution is 2.32. The molecule has 0 spiro atoms. The minimum absolute atomic E-state index is 0.0870. The maximum atomic E-state index is 12.6. The molecule has 0 aromatic heterocycles. The predicted molar refractivity (Wildman–Crippen MR) is 92.9 cm³/mol. The van der Waals surface area contributed by atoms with Gasteiger partial charge in [0.15, 0.2) is 0 Å². The SMILES string of the molecule is COC1(C)N=CNC(NC(=O)NS(=O)(=O)C2(C)C=CC=CC2C(=O)O)=N1. The van der Waals surface area contributed by atoms with Gasteiger partial charge in [0.1, 0.15) is 4.75 Å². The molecule has 1 aliphatic carbocycles. The highest BCUT2D eigenvalue weighted by Gasteiger charge is 2.48. The molecular formula is C14H19N5O6S. The number of nitrogens with one attached hydrogen (secondary N) is 3. The first kappa shape index (κ1) is 19.6. The number of sulfonamides is 1. The maximum Gasteiger partial charge on any atom is 0.335 e. The van der Waals surface area contributed by atoms with E-state index < -0.39 is 38.5 Å². The van der Waals surface area contributed by atoms with Crippen molar-refractivity contribution in [3.8, 4) is 0 Å². The van der Waals surface area contributed by atoms with Crippen LogP contribution in [0.3, 0.4) is 0 Å². The highest BCUT2D eigenvalue weighted by atomic mass is 32.2. The van der Waals surface area contributed by atoms with Gasteiger partial charge < -0.3 is 15.2 Å². The van der Waals surface area contributed by atoms with Crippen molar-refractivity contribution in [2.45, 2.75) is 24.4 Å². The van der Waals surface area contributed by atoms with Crippen molar-refractivity contribution in [2.24, 2.45) is 15.9 Å². The maximum absolute atomic E-state index is 12.6.